The molecule has 1 aliphatic rings. The summed E-state index contributed by atoms with van der Waals surface area (Å²) < 4.78 is 37.4. The van der Waals surface area contributed by atoms with Crippen LogP contribution >= 0.6 is 0 Å². The van der Waals surface area contributed by atoms with Crippen LogP contribution in [0.4, 0.5) is 13.2 Å². The summed E-state index contributed by atoms with van der Waals surface area (Å²) in [6.45, 7) is 7.90. The van der Waals surface area contributed by atoms with E-state index in [0.29, 0.717) is 0 Å². The molecule has 0 aromatic heterocycles. The molecule has 1 aliphatic heterocycles. The lowest BCUT2D eigenvalue weighted by atomic mass is 10.1. The molecule has 0 radical (unpaired) electrons. The largest absolute Gasteiger partial charge is 0.393 e. The first-order valence-corrected chi connectivity index (χ1v) is 4.96. The van der Waals surface area contributed by atoms with Gasteiger partial charge in [-0.3, -0.25) is 4.90 Å². The van der Waals surface area contributed by atoms with Gasteiger partial charge in [0.05, 0.1) is 5.92 Å². The number of alkyl halides is 3. The zero-order valence-corrected chi connectivity index (χ0v) is 9.15. The average Bonchev–Trinajstić information content (AvgIpc) is 2.27. The van der Waals surface area contributed by atoms with Crippen LogP contribution in [0.2, 0.25) is 0 Å². The van der Waals surface area contributed by atoms with Gasteiger partial charge < -0.3 is 0 Å². The molecule has 0 aromatic carbocycles. The van der Waals surface area contributed by atoms with Gasteiger partial charge in [-0.1, -0.05) is 0 Å². The van der Waals surface area contributed by atoms with Crippen molar-refractivity contribution in [2.45, 2.75) is 51.9 Å². The zero-order chi connectivity index (χ0) is 11.1. The lowest BCUT2D eigenvalue weighted by Gasteiger charge is -2.35. The lowest BCUT2D eigenvalue weighted by Crippen LogP contribution is -2.44. The second kappa shape index (κ2) is 3.40. The molecule has 4 heteroatoms. The SMILES string of the molecule is C[C@H]1C[C@@H](C(F)(F)F)CN1C(C)(C)C. The Labute approximate surface area is 83.3 Å². The van der Waals surface area contributed by atoms with Crippen molar-refractivity contribution < 1.29 is 13.2 Å². The van der Waals surface area contributed by atoms with Crippen LogP contribution in [0, 0.1) is 5.92 Å². The lowest BCUT2D eigenvalue weighted by molar-refractivity contribution is -0.171. The minimum atomic E-state index is -4.03. The van der Waals surface area contributed by atoms with E-state index in [1.165, 1.54) is 0 Å². The monoisotopic (exact) mass is 209 g/mol. The van der Waals surface area contributed by atoms with Crippen molar-refractivity contribution in [3.05, 3.63) is 0 Å². The molecule has 0 N–H and O–H groups in total. The van der Waals surface area contributed by atoms with Crippen LogP contribution in [0.15, 0.2) is 0 Å². The van der Waals surface area contributed by atoms with Crippen molar-refractivity contribution in [1.82, 2.24) is 4.90 Å². The molecule has 2 atom stereocenters. The van der Waals surface area contributed by atoms with Gasteiger partial charge in [0.25, 0.3) is 0 Å². The van der Waals surface area contributed by atoms with Crippen LogP contribution in [-0.4, -0.2) is 29.2 Å². The molecule has 1 saturated heterocycles. The van der Waals surface area contributed by atoms with Crippen molar-refractivity contribution in [1.29, 1.82) is 0 Å². The number of hydrogen-bond donors (Lipinski definition) is 0. The molecule has 1 nitrogen and oxygen atoms in total. The summed E-state index contributed by atoms with van der Waals surface area (Å²) in [5.41, 5.74) is -0.167. The van der Waals surface area contributed by atoms with E-state index in [9.17, 15) is 13.2 Å². The minimum Gasteiger partial charge on any atom is -0.295 e. The zero-order valence-electron chi connectivity index (χ0n) is 9.15. The number of likely N-dealkylation sites (tertiary alicyclic amines) is 1. The minimum absolute atomic E-state index is 0.0293. The summed E-state index contributed by atoms with van der Waals surface area (Å²) in [4.78, 5) is 1.94. The fraction of sp³-hybridized carbons (Fsp3) is 1.00. The molecule has 1 heterocycles. The Bertz CT molecular complexity index is 204. The Kier molecular flexibility index (Phi) is 2.87. The second-order valence-corrected chi connectivity index (χ2v) is 5.15. The standard InChI is InChI=1S/C10H18F3N/c1-7-5-8(10(11,12)13)6-14(7)9(2,3)4/h7-8H,5-6H2,1-4H3/t7-,8+/m0/s1. The van der Waals surface area contributed by atoms with Gasteiger partial charge >= 0.3 is 6.18 Å². The third-order valence-electron chi connectivity index (χ3n) is 2.90. The van der Waals surface area contributed by atoms with E-state index in [1.807, 2.05) is 32.6 Å². The summed E-state index contributed by atoms with van der Waals surface area (Å²) >= 11 is 0. The Morgan fingerprint density at radius 2 is 1.64 bits per heavy atom. The number of halogens is 3. The second-order valence-electron chi connectivity index (χ2n) is 5.15. The maximum absolute atomic E-state index is 12.5. The van der Waals surface area contributed by atoms with Crippen molar-refractivity contribution in [2.24, 2.45) is 5.92 Å². The Hall–Kier alpha value is -0.250. The van der Waals surface area contributed by atoms with Crippen molar-refractivity contribution in [3.8, 4) is 0 Å². The summed E-state index contributed by atoms with van der Waals surface area (Å²) in [6.07, 6.45) is -3.80. The van der Waals surface area contributed by atoms with Gasteiger partial charge in [-0.05, 0) is 34.1 Å². The number of nitrogens with zero attached hydrogens (tertiary/aromatic N) is 1. The van der Waals surface area contributed by atoms with Crippen LogP contribution in [0.3, 0.4) is 0 Å². The van der Waals surface area contributed by atoms with Crippen molar-refractivity contribution >= 4 is 0 Å². The van der Waals surface area contributed by atoms with Crippen LogP contribution in [-0.2, 0) is 0 Å². The molecule has 0 bridgehead atoms. The predicted molar refractivity (Wildman–Crippen MR) is 50.1 cm³/mol. The average molecular weight is 209 g/mol. The quantitative estimate of drug-likeness (QED) is 0.592. The predicted octanol–water partition coefficient (Wildman–Crippen LogP) is 3.06. The van der Waals surface area contributed by atoms with Gasteiger partial charge in [0.15, 0.2) is 0 Å². The molecule has 0 aromatic rings. The molecule has 0 amide bonds. The first-order chi connectivity index (χ1) is 6.12. The molecule has 1 fully saturated rings. The maximum Gasteiger partial charge on any atom is 0.393 e. The third-order valence-corrected chi connectivity index (χ3v) is 2.90. The summed E-state index contributed by atoms with van der Waals surface area (Å²) in [5.74, 6) is -1.14. The highest BCUT2D eigenvalue weighted by Gasteiger charge is 2.48. The van der Waals surface area contributed by atoms with E-state index < -0.39 is 12.1 Å². The summed E-state index contributed by atoms with van der Waals surface area (Å²) in [7, 11) is 0. The van der Waals surface area contributed by atoms with Gasteiger partial charge in [0, 0.05) is 18.1 Å². The van der Waals surface area contributed by atoms with E-state index in [4.69, 9.17) is 0 Å². The fourth-order valence-electron chi connectivity index (χ4n) is 2.20. The first-order valence-electron chi connectivity index (χ1n) is 4.96. The highest BCUT2D eigenvalue weighted by molar-refractivity contribution is 4.92. The van der Waals surface area contributed by atoms with E-state index in [0.717, 1.165) is 0 Å². The van der Waals surface area contributed by atoms with Crippen LogP contribution in [0.1, 0.15) is 34.1 Å². The van der Waals surface area contributed by atoms with Crippen LogP contribution in [0.25, 0.3) is 0 Å². The number of rotatable bonds is 0. The van der Waals surface area contributed by atoms with Crippen molar-refractivity contribution in [3.63, 3.8) is 0 Å². The molecule has 0 spiro atoms. The van der Waals surface area contributed by atoms with E-state index >= 15 is 0 Å². The van der Waals surface area contributed by atoms with Gasteiger partial charge in [0.1, 0.15) is 0 Å². The molecular formula is C10H18F3N. The van der Waals surface area contributed by atoms with Crippen LogP contribution < -0.4 is 0 Å². The maximum atomic E-state index is 12.5. The first kappa shape index (κ1) is 11.8. The third kappa shape index (κ3) is 2.41. The molecule has 1 rings (SSSR count). The fourth-order valence-corrected chi connectivity index (χ4v) is 2.20. The Morgan fingerprint density at radius 1 is 1.14 bits per heavy atom. The summed E-state index contributed by atoms with van der Waals surface area (Å²) in [6, 6.07) is 0.0293. The molecule has 14 heavy (non-hydrogen) atoms. The van der Waals surface area contributed by atoms with Gasteiger partial charge in [0.2, 0.25) is 0 Å². The highest BCUT2D eigenvalue weighted by Crippen LogP contribution is 2.39. The van der Waals surface area contributed by atoms with Crippen LogP contribution in [0.5, 0.6) is 0 Å². The normalized spacial score (nSPS) is 31.1. The van der Waals surface area contributed by atoms with Gasteiger partial charge in [-0.25, -0.2) is 0 Å². The van der Waals surface area contributed by atoms with Crippen molar-refractivity contribution in [2.75, 3.05) is 6.54 Å². The number of hydrogen-bond acceptors (Lipinski definition) is 1. The van der Waals surface area contributed by atoms with Gasteiger partial charge in [-0.15, -0.1) is 0 Å². The van der Waals surface area contributed by atoms with E-state index in [2.05, 4.69) is 0 Å². The highest BCUT2D eigenvalue weighted by atomic mass is 19.4. The van der Waals surface area contributed by atoms with E-state index in [1.54, 1.807) is 0 Å². The summed E-state index contributed by atoms with van der Waals surface area (Å²) in [5, 5.41) is 0. The molecular weight excluding hydrogens is 191 g/mol. The smallest absolute Gasteiger partial charge is 0.295 e. The topological polar surface area (TPSA) is 3.24 Å². The molecule has 84 valence electrons. The van der Waals surface area contributed by atoms with E-state index in [-0.39, 0.29) is 24.5 Å². The Morgan fingerprint density at radius 3 is 1.86 bits per heavy atom. The Balaban J connectivity index is 2.70. The molecule has 0 saturated carbocycles. The molecule has 0 aliphatic carbocycles. The van der Waals surface area contributed by atoms with Gasteiger partial charge in [-0.2, -0.15) is 13.2 Å². The molecule has 0 unspecified atom stereocenters.